The van der Waals surface area contributed by atoms with Gasteiger partial charge in [0.05, 0.1) is 39.8 Å². The van der Waals surface area contributed by atoms with Gasteiger partial charge < -0.3 is 20.7 Å². The van der Waals surface area contributed by atoms with Crippen LogP contribution in [-0.2, 0) is 4.74 Å². The van der Waals surface area contributed by atoms with Gasteiger partial charge in [-0.15, -0.1) is 26.6 Å². The number of aliphatic hydroxyl groups excluding tert-OH is 2. The number of carbonyl (C=O) groups excluding carboxylic acids is 1. The zero-order valence-corrected chi connectivity index (χ0v) is 23.0. The largest absolute Gasteiger partial charge is 0.394 e. The summed E-state index contributed by atoms with van der Waals surface area (Å²) in [5.74, 6) is -4.10. The van der Waals surface area contributed by atoms with Gasteiger partial charge in [-0.05, 0) is 44.3 Å². The van der Waals surface area contributed by atoms with E-state index >= 15 is 0 Å². The number of aldehydes is 1. The topological polar surface area (TPSA) is 167 Å². The number of aromatic nitrogens is 7. The fourth-order valence-corrected chi connectivity index (χ4v) is 5.70. The molecular weight excluding hydrogens is 577 g/mol. The molecule has 1 saturated heterocycles. The Morgan fingerprint density at radius 3 is 2.57 bits per heavy atom. The molecule has 0 aliphatic carbocycles. The molecule has 6 rings (SSSR count). The minimum atomic E-state index is -1.60. The Morgan fingerprint density at radius 1 is 1.14 bits per heavy atom. The molecule has 2 aromatic carbocycles. The number of carbonyl (C=O) groups is 1. The van der Waals surface area contributed by atoms with Crippen LogP contribution in [0.15, 0.2) is 36.5 Å². The van der Waals surface area contributed by atoms with E-state index in [-0.39, 0.29) is 29.3 Å². The lowest BCUT2D eigenvalue weighted by Crippen LogP contribution is -2.45. The van der Waals surface area contributed by atoms with Crippen LogP contribution >= 0.6 is 11.3 Å². The first-order chi connectivity index (χ1) is 20.3. The zero-order valence-electron chi connectivity index (χ0n) is 22.2. The van der Waals surface area contributed by atoms with Crippen LogP contribution in [0.5, 0.6) is 0 Å². The number of rotatable bonds is 6. The van der Waals surface area contributed by atoms with Gasteiger partial charge in [0.1, 0.15) is 24.0 Å². The van der Waals surface area contributed by atoms with Crippen LogP contribution in [0.3, 0.4) is 0 Å². The lowest BCUT2D eigenvalue weighted by Gasteiger charge is -2.38. The van der Waals surface area contributed by atoms with Crippen molar-refractivity contribution in [1.82, 2.24) is 34.7 Å². The van der Waals surface area contributed by atoms with E-state index < -0.39 is 48.4 Å². The van der Waals surface area contributed by atoms with Crippen LogP contribution in [0.2, 0.25) is 0 Å². The van der Waals surface area contributed by atoms with Gasteiger partial charge in [0.2, 0.25) is 5.82 Å². The molecule has 4 N–H and O–H groups in total. The minimum absolute atomic E-state index is 0.0193. The molecule has 0 saturated carbocycles. The molecular formula is C26H25F3N8O4S. The van der Waals surface area contributed by atoms with Crippen molar-refractivity contribution in [2.75, 3.05) is 13.7 Å². The maximum Gasteiger partial charge on any atom is 0.201 e. The van der Waals surface area contributed by atoms with Crippen LogP contribution in [0.25, 0.3) is 27.2 Å². The van der Waals surface area contributed by atoms with Gasteiger partial charge in [0.15, 0.2) is 29.6 Å². The third-order valence-corrected chi connectivity index (χ3v) is 7.66. The standard InChI is InChI=1S/C25H20F3N7O4S.CH5N/c1-11-29-16-3-2-13(6-21(16)40-11)35-22(10-37)31-32-25(35)19-7-18(24(38)20(9-36)39-19)34-8-17(30-33-34)12-4-14(26)23(28)15(27)5-12;1-2/h2-6,8,10,18-20,24,36,38H,7,9H2,1H3;2H2,1H3. The van der Waals surface area contributed by atoms with Crippen molar-refractivity contribution < 1.29 is 32.9 Å². The van der Waals surface area contributed by atoms with E-state index in [4.69, 9.17) is 4.74 Å². The van der Waals surface area contributed by atoms with Crippen molar-refractivity contribution in [2.24, 2.45) is 5.73 Å². The molecule has 4 atom stereocenters. The molecule has 42 heavy (non-hydrogen) atoms. The van der Waals surface area contributed by atoms with Crippen molar-refractivity contribution in [3.63, 3.8) is 0 Å². The molecule has 0 spiro atoms. The molecule has 220 valence electrons. The maximum absolute atomic E-state index is 13.8. The summed E-state index contributed by atoms with van der Waals surface area (Å²) >= 11 is 1.49. The van der Waals surface area contributed by atoms with E-state index in [1.165, 1.54) is 33.8 Å². The van der Waals surface area contributed by atoms with Crippen LogP contribution < -0.4 is 5.73 Å². The number of nitrogens with two attached hydrogens (primary N) is 1. The van der Waals surface area contributed by atoms with E-state index in [0.29, 0.717) is 12.0 Å². The first-order valence-electron chi connectivity index (χ1n) is 12.6. The molecule has 12 nitrogen and oxygen atoms in total. The summed E-state index contributed by atoms with van der Waals surface area (Å²) in [4.78, 5) is 16.3. The fraction of sp³-hybridized carbons (Fsp3) is 0.308. The number of halogens is 3. The van der Waals surface area contributed by atoms with Crippen LogP contribution in [-0.4, -0.2) is 77.1 Å². The maximum atomic E-state index is 13.8. The van der Waals surface area contributed by atoms with Crippen LogP contribution in [0, 0.1) is 24.4 Å². The number of fused-ring (bicyclic) bond motifs is 1. The van der Waals surface area contributed by atoms with Gasteiger partial charge in [0.25, 0.3) is 0 Å². The average molecular weight is 603 g/mol. The highest BCUT2D eigenvalue weighted by molar-refractivity contribution is 7.18. The number of ether oxygens (including phenoxy) is 1. The predicted molar refractivity (Wildman–Crippen MR) is 144 cm³/mol. The van der Waals surface area contributed by atoms with Crippen LogP contribution in [0.4, 0.5) is 13.2 Å². The molecule has 1 aliphatic rings. The fourth-order valence-electron chi connectivity index (χ4n) is 4.84. The third kappa shape index (κ3) is 5.30. The number of aryl methyl sites for hydroxylation is 1. The van der Waals surface area contributed by atoms with E-state index in [0.717, 1.165) is 27.4 Å². The van der Waals surface area contributed by atoms with E-state index in [1.54, 1.807) is 6.07 Å². The number of hydrogen-bond donors (Lipinski definition) is 3. The molecule has 3 aromatic heterocycles. The summed E-state index contributed by atoms with van der Waals surface area (Å²) in [5.41, 5.74) is 5.87. The van der Waals surface area contributed by atoms with Gasteiger partial charge >= 0.3 is 0 Å². The molecule has 0 amide bonds. The summed E-state index contributed by atoms with van der Waals surface area (Å²) in [6.45, 7) is 1.34. The van der Waals surface area contributed by atoms with Crippen molar-refractivity contribution in [2.45, 2.75) is 37.7 Å². The molecule has 1 aliphatic heterocycles. The summed E-state index contributed by atoms with van der Waals surface area (Å²) in [6.07, 6.45) is -1.23. The first kappa shape index (κ1) is 29.4. The summed E-state index contributed by atoms with van der Waals surface area (Å²) < 4.78 is 50.7. The molecule has 16 heteroatoms. The molecule has 4 heterocycles. The smallest absolute Gasteiger partial charge is 0.201 e. The first-order valence-corrected chi connectivity index (χ1v) is 13.5. The Labute approximate surface area is 240 Å². The summed E-state index contributed by atoms with van der Waals surface area (Å²) in [7, 11) is 1.50. The Bertz CT molecular complexity index is 1720. The molecule has 5 aromatic rings. The quantitative estimate of drug-likeness (QED) is 0.194. The Kier molecular flexibility index (Phi) is 8.42. The van der Waals surface area contributed by atoms with E-state index in [1.807, 2.05) is 19.1 Å². The lowest BCUT2D eigenvalue weighted by atomic mass is 9.95. The number of benzene rings is 2. The zero-order chi connectivity index (χ0) is 30.1. The highest BCUT2D eigenvalue weighted by Crippen LogP contribution is 2.38. The van der Waals surface area contributed by atoms with Gasteiger partial charge in [-0.3, -0.25) is 9.36 Å². The highest BCUT2D eigenvalue weighted by Gasteiger charge is 2.42. The third-order valence-electron chi connectivity index (χ3n) is 6.72. The normalized spacial score (nSPS) is 20.4. The number of aliphatic hydroxyl groups is 2. The van der Waals surface area contributed by atoms with E-state index in [2.05, 4.69) is 31.2 Å². The van der Waals surface area contributed by atoms with Crippen molar-refractivity contribution in [3.8, 4) is 16.9 Å². The van der Waals surface area contributed by atoms with Crippen molar-refractivity contribution in [3.05, 3.63) is 70.6 Å². The van der Waals surface area contributed by atoms with Crippen molar-refractivity contribution in [1.29, 1.82) is 0 Å². The minimum Gasteiger partial charge on any atom is -0.394 e. The second-order valence-electron chi connectivity index (χ2n) is 9.23. The van der Waals surface area contributed by atoms with Crippen molar-refractivity contribution >= 4 is 27.8 Å². The molecule has 0 bridgehead atoms. The van der Waals surface area contributed by atoms with Gasteiger partial charge in [-0.1, -0.05) is 5.21 Å². The molecule has 4 unspecified atom stereocenters. The summed E-state index contributed by atoms with van der Waals surface area (Å²) in [5, 5.41) is 37.9. The number of hydrogen-bond acceptors (Lipinski definition) is 11. The Morgan fingerprint density at radius 2 is 1.88 bits per heavy atom. The Balaban J connectivity index is 0.00000173. The van der Waals surface area contributed by atoms with Gasteiger partial charge in [0, 0.05) is 12.0 Å². The average Bonchev–Trinajstić information content (AvgIpc) is 3.74. The van der Waals surface area contributed by atoms with Gasteiger partial charge in [-0.2, -0.15) is 0 Å². The predicted octanol–water partition coefficient (Wildman–Crippen LogP) is 2.67. The molecule has 1 fully saturated rings. The Hall–Kier alpha value is -4.09. The second kappa shape index (κ2) is 12.0. The second-order valence-corrected chi connectivity index (χ2v) is 10.5. The SMILES string of the molecule is CN.Cc1nc2ccc(-n3c(C=O)nnc3C3CC(n4cc(-c5cc(F)c(F)c(F)c5)nn4)C(O)C(CO)O3)cc2s1. The monoisotopic (exact) mass is 602 g/mol. The number of nitrogens with zero attached hydrogens (tertiary/aromatic N) is 7. The lowest BCUT2D eigenvalue weighted by molar-refractivity contribution is -0.161. The summed E-state index contributed by atoms with van der Waals surface area (Å²) in [6, 6.07) is 6.18. The molecule has 0 radical (unpaired) electrons. The number of thiazole rings is 1. The van der Waals surface area contributed by atoms with E-state index in [9.17, 15) is 28.2 Å². The van der Waals surface area contributed by atoms with Gasteiger partial charge in [-0.25, -0.2) is 22.8 Å². The van der Waals surface area contributed by atoms with Crippen LogP contribution in [0.1, 0.15) is 40.0 Å². The highest BCUT2D eigenvalue weighted by atomic mass is 32.1.